The zero-order valence-corrected chi connectivity index (χ0v) is 17.1. The average Bonchev–Trinajstić information content (AvgIpc) is 3.22. The maximum Gasteiger partial charge on any atom is 0.193 e. The van der Waals surface area contributed by atoms with Crippen LogP contribution >= 0.6 is 0 Å². The Morgan fingerprint density at radius 3 is 2.64 bits per heavy atom. The van der Waals surface area contributed by atoms with Crippen LogP contribution in [0.2, 0.25) is 0 Å². The highest BCUT2D eigenvalue weighted by Gasteiger charge is 2.24. The number of rotatable bonds is 7. The van der Waals surface area contributed by atoms with Gasteiger partial charge in [0.2, 0.25) is 0 Å². The van der Waals surface area contributed by atoms with Gasteiger partial charge >= 0.3 is 0 Å². The van der Waals surface area contributed by atoms with Crippen molar-refractivity contribution in [3.05, 3.63) is 35.6 Å². The standard InChI is InChI=1S/C21H33FN4O2/c1-3-23-21(25(2)15-17-8-11-28-16-17)24-14-20(26-9-12-27-13-10-26)18-4-6-19(22)7-5-18/h4-7,17,20H,3,8-16H2,1-2H3,(H,23,24). The van der Waals surface area contributed by atoms with Crippen molar-refractivity contribution >= 4 is 5.96 Å². The second-order valence-electron chi connectivity index (χ2n) is 7.52. The number of aliphatic imine (C=N–C) groups is 1. The molecular weight excluding hydrogens is 359 g/mol. The molecule has 0 aliphatic carbocycles. The summed E-state index contributed by atoms with van der Waals surface area (Å²) in [7, 11) is 2.08. The van der Waals surface area contributed by atoms with E-state index in [1.165, 1.54) is 12.1 Å². The van der Waals surface area contributed by atoms with E-state index in [1.54, 1.807) is 0 Å². The van der Waals surface area contributed by atoms with E-state index in [2.05, 4.69) is 29.1 Å². The lowest BCUT2D eigenvalue weighted by Crippen LogP contribution is -2.43. The lowest BCUT2D eigenvalue weighted by atomic mass is 10.0. The van der Waals surface area contributed by atoms with Gasteiger partial charge in [0.15, 0.2) is 5.96 Å². The lowest BCUT2D eigenvalue weighted by Gasteiger charge is -2.34. The third-order valence-electron chi connectivity index (χ3n) is 5.41. The normalized spacial score (nSPS) is 22.2. The summed E-state index contributed by atoms with van der Waals surface area (Å²) < 4.78 is 24.4. The minimum Gasteiger partial charge on any atom is -0.381 e. The molecule has 1 N–H and O–H groups in total. The molecule has 0 aromatic heterocycles. The van der Waals surface area contributed by atoms with Gasteiger partial charge in [0, 0.05) is 45.8 Å². The first-order valence-corrected chi connectivity index (χ1v) is 10.3. The molecule has 28 heavy (non-hydrogen) atoms. The molecule has 3 rings (SSSR count). The second-order valence-corrected chi connectivity index (χ2v) is 7.52. The van der Waals surface area contributed by atoms with E-state index in [-0.39, 0.29) is 11.9 Å². The van der Waals surface area contributed by atoms with Crippen molar-refractivity contribution in [1.82, 2.24) is 15.1 Å². The monoisotopic (exact) mass is 392 g/mol. The van der Waals surface area contributed by atoms with Gasteiger partial charge in [-0.15, -0.1) is 0 Å². The largest absolute Gasteiger partial charge is 0.381 e. The quantitative estimate of drug-likeness (QED) is 0.569. The van der Waals surface area contributed by atoms with Gasteiger partial charge in [-0.3, -0.25) is 9.89 Å². The molecular formula is C21H33FN4O2. The fourth-order valence-corrected chi connectivity index (χ4v) is 3.85. The van der Waals surface area contributed by atoms with Crippen LogP contribution in [0, 0.1) is 11.7 Å². The number of guanidine groups is 1. The van der Waals surface area contributed by atoms with Crippen molar-refractivity contribution in [2.75, 3.05) is 66.2 Å². The van der Waals surface area contributed by atoms with Crippen molar-refractivity contribution in [1.29, 1.82) is 0 Å². The highest BCUT2D eigenvalue weighted by Crippen LogP contribution is 2.23. The van der Waals surface area contributed by atoms with Crippen molar-refractivity contribution in [3.63, 3.8) is 0 Å². The van der Waals surface area contributed by atoms with Crippen molar-refractivity contribution in [2.45, 2.75) is 19.4 Å². The molecule has 0 spiro atoms. The van der Waals surface area contributed by atoms with Crippen LogP contribution in [-0.2, 0) is 9.47 Å². The van der Waals surface area contributed by atoms with E-state index in [4.69, 9.17) is 14.5 Å². The number of nitrogens with one attached hydrogen (secondary N) is 1. The molecule has 1 aromatic carbocycles. The number of benzene rings is 1. The van der Waals surface area contributed by atoms with E-state index in [0.717, 1.165) is 70.6 Å². The zero-order chi connectivity index (χ0) is 19.8. The fourth-order valence-electron chi connectivity index (χ4n) is 3.85. The van der Waals surface area contributed by atoms with Crippen LogP contribution < -0.4 is 5.32 Å². The Morgan fingerprint density at radius 2 is 2.00 bits per heavy atom. The van der Waals surface area contributed by atoms with Crippen LogP contribution in [0.15, 0.2) is 29.3 Å². The third kappa shape index (κ3) is 5.90. The molecule has 0 saturated carbocycles. The molecule has 2 fully saturated rings. The van der Waals surface area contributed by atoms with E-state index >= 15 is 0 Å². The number of halogens is 1. The van der Waals surface area contributed by atoms with Gasteiger partial charge < -0.3 is 19.7 Å². The summed E-state index contributed by atoms with van der Waals surface area (Å²) in [5, 5.41) is 3.41. The number of ether oxygens (including phenoxy) is 2. The van der Waals surface area contributed by atoms with Gasteiger partial charge in [-0.25, -0.2) is 4.39 Å². The molecule has 2 atom stereocenters. The predicted molar refractivity (Wildman–Crippen MR) is 109 cm³/mol. The Kier molecular flexibility index (Phi) is 8.06. The molecule has 2 unspecified atom stereocenters. The predicted octanol–water partition coefficient (Wildman–Crippen LogP) is 2.13. The molecule has 7 heteroatoms. The summed E-state index contributed by atoms with van der Waals surface area (Å²) in [5.41, 5.74) is 1.09. The molecule has 0 bridgehead atoms. The van der Waals surface area contributed by atoms with Gasteiger partial charge in [0.05, 0.1) is 32.4 Å². The number of hydrogen-bond donors (Lipinski definition) is 1. The topological polar surface area (TPSA) is 49.3 Å². The van der Waals surface area contributed by atoms with Gasteiger partial charge in [-0.05, 0) is 31.0 Å². The minimum absolute atomic E-state index is 0.112. The Hall–Kier alpha value is -1.70. The van der Waals surface area contributed by atoms with Crippen LogP contribution in [-0.4, -0.2) is 82.0 Å². The highest BCUT2D eigenvalue weighted by molar-refractivity contribution is 5.79. The van der Waals surface area contributed by atoms with E-state index in [1.807, 2.05) is 12.1 Å². The first kappa shape index (κ1) is 21.0. The summed E-state index contributed by atoms with van der Waals surface area (Å²) >= 11 is 0. The van der Waals surface area contributed by atoms with Crippen LogP contribution in [0.4, 0.5) is 4.39 Å². The van der Waals surface area contributed by atoms with Crippen molar-refractivity contribution in [2.24, 2.45) is 10.9 Å². The first-order chi connectivity index (χ1) is 13.7. The molecule has 0 amide bonds. The molecule has 2 heterocycles. The maximum absolute atomic E-state index is 13.4. The molecule has 1 aromatic rings. The molecule has 156 valence electrons. The highest BCUT2D eigenvalue weighted by atomic mass is 19.1. The van der Waals surface area contributed by atoms with Crippen molar-refractivity contribution in [3.8, 4) is 0 Å². The van der Waals surface area contributed by atoms with Crippen LogP contribution in [0.3, 0.4) is 0 Å². The molecule has 2 saturated heterocycles. The van der Waals surface area contributed by atoms with Gasteiger partial charge in [-0.2, -0.15) is 0 Å². The van der Waals surface area contributed by atoms with Gasteiger partial charge in [-0.1, -0.05) is 12.1 Å². The SMILES string of the molecule is CCNC(=NCC(c1ccc(F)cc1)N1CCOCC1)N(C)CC1CCOC1. The Labute approximate surface area is 167 Å². The van der Waals surface area contributed by atoms with E-state index < -0.39 is 0 Å². The van der Waals surface area contributed by atoms with Gasteiger partial charge in [0.1, 0.15) is 5.82 Å². The van der Waals surface area contributed by atoms with Crippen molar-refractivity contribution < 1.29 is 13.9 Å². The number of nitrogens with zero attached hydrogens (tertiary/aromatic N) is 3. The summed E-state index contributed by atoms with van der Waals surface area (Å²) in [6, 6.07) is 6.92. The molecule has 2 aliphatic rings. The molecule has 2 aliphatic heterocycles. The molecule has 0 radical (unpaired) electrons. The van der Waals surface area contributed by atoms with Gasteiger partial charge in [0.25, 0.3) is 0 Å². The Bertz CT molecular complexity index is 613. The van der Waals surface area contributed by atoms with Crippen LogP contribution in [0.1, 0.15) is 24.9 Å². The second kappa shape index (κ2) is 10.7. The number of hydrogen-bond acceptors (Lipinski definition) is 4. The average molecular weight is 393 g/mol. The maximum atomic E-state index is 13.4. The third-order valence-corrected chi connectivity index (χ3v) is 5.41. The summed E-state index contributed by atoms with van der Waals surface area (Å²) in [5.74, 6) is 1.26. The first-order valence-electron chi connectivity index (χ1n) is 10.3. The van der Waals surface area contributed by atoms with E-state index in [0.29, 0.717) is 12.5 Å². The summed E-state index contributed by atoms with van der Waals surface area (Å²) in [4.78, 5) is 9.53. The summed E-state index contributed by atoms with van der Waals surface area (Å²) in [6.45, 7) is 9.33. The molecule has 6 nitrogen and oxygen atoms in total. The smallest absolute Gasteiger partial charge is 0.193 e. The Morgan fingerprint density at radius 1 is 1.25 bits per heavy atom. The summed E-state index contributed by atoms with van der Waals surface area (Å²) in [6.07, 6.45) is 1.11. The Balaban J connectivity index is 1.73. The number of morpholine rings is 1. The minimum atomic E-state index is -0.208. The van der Waals surface area contributed by atoms with Crippen LogP contribution in [0.5, 0.6) is 0 Å². The van der Waals surface area contributed by atoms with Crippen LogP contribution in [0.25, 0.3) is 0 Å². The van der Waals surface area contributed by atoms with E-state index in [9.17, 15) is 4.39 Å². The zero-order valence-electron chi connectivity index (χ0n) is 17.1. The fraction of sp³-hybridized carbons (Fsp3) is 0.667. The lowest BCUT2D eigenvalue weighted by molar-refractivity contribution is 0.0179.